The molecule has 1 aliphatic heterocycles. The summed E-state index contributed by atoms with van der Waals surface area (Å²) in [6, 6.07) is 14.2. The van der Waals surface area contributed by atoms with E-state index in [0.29, 0.717) is 29.5 Å². The Labute approximate surface area is 183 Å². The number of barbiturate groups is 1. The van der Waals surface area contributed by atoms with Crippen molar-refractivity contribution in [1.29, 1.82) is 0 Å². The van der Waals surface area contributed by atoms with Gasteiger partial charge in [0, 0.05) is 29.2 Å². The highest BCUT2D eigenvalue weighted by Gasteiger charge is 2.34. The molecule has 7 nitrogen and oxygen atoms in total. The van der Waals surface area contributed by atoms with Gasteiger partial charge in [0.15, 0.2) is 0 Å². The van der Waals surface area contributed by atoms with Crippen LogP contribution >= 0.6 is 11.6 Å². The molecule has 3 aromatic rings. The number of hydrogen-bond acceptors (Lipinski definition) is 4. The first kappa shape index (κ1) is 20.7. The topological polar surface area (TPSA) is 80.6 Å². The maximum atomic E-state index is 12.6. The molecule has 1 fully saturated rings. The minimum absolute atomic E-state index is 0.0725. The van der Waals surface area contributed by atoms with Gasteiger partial charge >= 0.3 is 6.03 Å². The fraction of sp³-hybridized carbons (Fsp3) is 0.174. The Morgan fingerprint density at radius 3 is 2.58 bits per heavy atom. The molecule has 31 heavy (non-hydrogen) atoms. The molecule has 1 N–H and O–H groups in total. The number of amides is 4. The zero-order valence-electron chi connectivity index (χ0n) is 16.8. The van der Waals surface area contributed by atoms with E-state index in [4.69, 9.17) is 16.3 Å². The number of ether oxygens (including phenoxy) is 1. The fourth-order valence-corrected chi connectivity index (χ4v) is 3.72. The number of likely N-dealkylation sites (N-methyl/N-ethyl adjacent to an activating group) is 1. The van der Waals surface area contributed by atoms with Crippen LogP contribution in [0.5, 0.6) is 5.75 Å². The number of imide groups is 2. The Bertz CT molecular complexity index is 1210. The lowest BCUT2D eigenvalue weighted by atomic mass is 10.1. The van der Waals surface area contributed by atoms with Gasteiger partial charge in [0.1, 0.15) is 17.9 Å². The van der Waals surface area contributed by atoms with Crippen LogP contribution in [-0.4, -0.2) is 40.5 Å². The second-order valence-corrected chi connectivity index (χ2v) is 7.35. The quantitative estimate of drug-likeness (QED) is 0.469. The summed E-state index contributed by atoms with van der Waals surface area (Å²) >= 11 is 6.14. The van der Waals surface area contributed by atoms with Gasteiger partial charge < -0.3 is 9.30 Å². The number of fused-ring (bicyclic) bond motifs is 1. The Balaban J connectivity index is 1.63. The van der Waals surface area contributed by atoms with Crippen LogP contribution in [-0.2, 0) is 16.1 Å². The predicted octanol–water partition coefficient (Wildman–Crippen LogP) is 3.86. The van der Waals surface area contributed by atoms with Crippen molar-refractivity contribution in [3.05, 3.63) is 70.9 Å². The maximum Gasteiger partial charge on any atom is 0.331 e. The maximum absolute atomic E-state index is 12.6. The Morgan fingerprint density at radius 2 is 1.81 bits per heavy atom. The van der Waals surface area contributed by atoms with Crippen LogP contribution in [0.4, 0.5) is 4.79 Å². The molecule has 0 aliphatic carbocycles. The predicted molar refractivity (Wildman–Crippen MR) is 118 cm³/mol. The van der Waals surface area contributed by atoms with Gasteiger partial charge in [0.2, 0.25) is 0 Å². The average Bonchev–Trinajstić information content (AvgIpc) is 3.10. The lowest BCUT2D eigenvalue weighted by Gasteiger charge is -2.24. The minimum atomic E-state index is -0.700. The number of benzene rings is 2. The van der Waals surface area contributed by atoms with Crippen LogP contribution < -0.4 is 10.1 Å². The standard InChI is InChI=1S/C23H20ClN3O4/c1-2-27-22(29)17(21(28)25-23(27)30)13-15-14-26(19-9-5-3-7-16(15)19)11-12-31-20-10-6-4-8-18(20)24/h3-10,13-14H,2,11-12H2,1H3,(H,25,28,30)/b17-13+. The van der Waals surface area contributed by atoms with Crippen molar-refractivity contribution in [3.8, 4) is 5.75 Å². The van der Waals surface area contributed by atoms with E-state index in [1.807, 2.05) is 47.2 Å². The molecule has 8 heteroatoms. The zero-order valence-corrected chi connectivity index (χ0v) is 17.6. The summed E-state index contributed by atoms with van der Waals surface area (Å²) in [6.07, 6.45) is 3.39. The Hall–Kier alpha value is -3.58. The SMILES string of the molecule is CCN1C(=O)NC(=O)/C(=C\c2cn(CCOc3ccccc3Cl)c3ccccc23)C1=O. The van der Waals surface area contributed by atoms with Gasteiger partial charge in [-0.05, 0) is 31.2 Å². The summed E-state index contributed by atoms with van der Waals surface area (Å²) in [6.45, 7) is 2.77. The largest absolute Gasteiger partial charge is 0.490 e. The zero-order chi connectivity index (χ0) is 22.0. The van der Waals surface area contributed by atoms with Gasteiger partial charge in [-0.3, -0.25) is 19.8 Å². The van der Waals surface area contributed by atoms with E-state index in [0.717, 1.165) is 15.8 Å². The van der Waals surface area contributed by atoms with Gasteiger partial charge in [-0.25, -0.2) is 4.79 Å². The number of carbonyl (C=O) groups is 3. The number of para-hydroxylation sites is 2. The molecule has 1 saturated heterocycles. The first-order valence-electron chi connectivity index (χ1n) is 9.83. The van der Waals surface area contributed by atoms with Crippen LogP contribution in [0.2, 0.25) is 5.02 Å². The number of halogens is 1. The van der Waals surface area contributed by atoms with Crippen molar-refractivity contribution in [1.82, 2.24) is 14.8 Å². The normalized spacial score (nSPS) is 15.6. The van der Waals surface area contributed by atoms with Gasteiger partial charge in [-0.15, -0.1) is 0 Å². The highest BCUT2D eigenvalue weighted by atomic mass is 35.5. The number of nitrogens with one attached hydrogen (secondary N) is 1. The third-order valence-electron chi connectivity index (χ3n) is 5.05. The van der Waals surface area contributed by atoms with E-state index in [1.54, 1.807) is 19.1 Å². The van der Waals surface area contributed by atoms with E-state index in [1.165, 1.54) is 6.08 Å². The van der Waals surface area contributed by atoms with Crippen LogP contribution in [0, 0.1) is 0 Å². The highest BCUT2D eigenvalue weighted by molar-refractivity contribution is 6.32. The van der Waals surface area contributed by atoms with Gasteiger partial charge in [-0.1, -0.05) is 41.9 Å². The van der Waals surface area contributed by atoms with E-state index in [2.05, 4.69) is 5.32 Å². The molecule has 0 radical (unpaired) electrons. The molecule has 1 aliphatic rings. The molecule has 0 atom stereocenters. The summed E-state index contributed by atoms with van der Waals surface area (Å²) in [5.41, 5.74) is 1.57. The second-order valence-electron chi connectivity index (χ2n) is 6.94. The first-order valence-corrected chi connectivity index (χ1v) is 10.2. The Morgan fingerprint density at radius 1 is 1.06 bits per heavy atom. The molecule has 158 valence electrons. The monoisotopic (exact) mass is 437 g/mol. The van der Waals surface area contributed by atoms with Crippen molar-refractivity contribution in [2.45, 2.75) is 13.5 Å². The molecule has 0 spiro atoms. The van der Waals surface area contributed by atoms with Gasteiger partial charge in [-0.2, -0.15) is 0 Å². The van der Waals surface area contributed by atoms with Crippen LogP contribution in [0.3, 0.4) is 0 Å². The van der Waals surface area contributed by atoms with Crippen molar-refractivity contribution >= 4 is 46.4 Å². The fourth-order valence-electron chi connectivity index (χ4n) is 3.53. The summed E-state index contributed by atoms with van der Waals surface area (Å²) in [5, 5.41) is 3.64. The lowest BCUT2D eigenvalue weighted by Crippen LogP contribution is -2.53. The average molecular weight is 438 g/mol. The molecule has 1 aromatic heterocycles. The summed E-state index contributed by atoms with van der Waals surface area (Å²) in [7, 11) is 0. The van der Waals surface area contributed by atoms with Crippen molar-refractivity contribution in [3.63, 3.8) is 0 Å². The van der Waals surface area contributed by atoms with Crippen LogP contribution in [0.15, 0.2) is 60.3 Å². The smallest absolute Gasteiger partial charge is 0.331 e. The van der Waals surface area contributed by atoms with Crippen LogP contribution in [0.1, 0.15) is 12.5 Å². The third kappa shape index (κ3) is 4.04. The number of hydrogen-bond donors (Lipinski definition) is 1. The van der Waals surface area contributed by atoms with Gasteiger partial charge in [0.05, 0.1) is 11.6 Å². The third-order valence-corrected chi connectivity index (χ3v) is 5.36. The molecule has 0 saturated carbocycles. The summed E-state index contributed by atoms with van der Waals surface area (Å²) < 4.78 is 7.79. The van der Waals surface area contributed by atoms with E-state index >= 15 is 0 Å². The van der Waals surface area contributed by atoms with E-state index in [9.17, 15) is 14.4 Å². The highest BCUT2D eigenvalue weighted by Crippen LogP contribution is 2.26. The molecular weight excluding hydrogens is 418 g/mol. The first-order chi connectivity index (χ1) is 15.0. The molecule has 4 rings (SSSR count). The van der Waals surface area contributed by atoms with Gasteiger partial charge in [0.25, 0.3) is 11.8 Å². The molecule has 2 heterocycles. The van der Waals surface area contributed by atoms with Crippen molar-refractivity contribution < 1.29 is 19.1 Å². The number of carbonyl (C=O) groups excluding carboxylic acids is 3. The second kappa shape index (κ2) is 8.65. The molecule has 0 unspecified atom stereocenters. The van der Waals surface area contributed by atoms with Crippen LogP contribution in [0.25, 0.3) is 17.0 Å². The number of rotatable bonds is 6. The van der Waals surface area contributed by atoms with Crippen molar-refractivity contribution in [2.24, 2.45) is 0 Å². The molecule has 0 bridgehead atoms. The van der Waals surface area contributed by atoms with E-state index in [-0.39, 0.29) is 12.1 Å². The lowest BCUT2D eigenvalue weighted by molar-refractivity contribution is -0.129. The molecule has 4 amide bonds. The molecular formula is C23H20ClN3O4. The van der Waals surface area contributed by atoms with Crippen molar-refractivity contribution in [2.75, 3.05) is 13.2 Å². The number of urea groups is 1. The number of aromatic nitrogens is 1. The Kier molecular flexibility index (Phi) is 5.77. The van der Waals surface area contributed by atoms with E-state index < -0.39 is 17.8 Å². The summed E-state index contributed by atoms with van der Waals surface area (Å²) in [5.74, 6) is -0.689. The minimum Gasteiger partial charge on any atom is -0.490 e. The summed E-state index contributed by atoms with van der Waals surface area (Å²) in [4.78, 5) is 37.8. The number of nitrogens with zero attached hydrogens (tertiary/aromatic N) is 2. The molecule has 2 aromatic carbocycles.